The van der Waals surface area contributed by atoms with Gasteiger partial charge in [0.15, 0.2) is 11.6 Å². The van der Waals surface area contributed by atoms with Crippen molar-refractivity contribution in [1.29, 1.82) is 0 Å². The van der Waals surface area contributed by atoms with Crippen LogP contribution < -0.4 is 16.1 Å². The van der Waals surface area contributed by atoms with Crippen LogP contribution in [0.4, 0.5) is 23.0 Å². The van der Waals surface area contributed by atoms with Crippen molar-refractivity contribution in [2.45, 2.75) is 13.5 Å². The van der Waals surface area contributed by atoms with Gasteiger partial charge in [0.25, 0.3) is 0 Å². The number of nitrogens with zero attached hydrogens (tertiary/aromatic N) is 4. The third-order valence-corrected chi connectivity index (χ3v) is 6.25. The fourth-order valence-corrected chi connectivity index (χ4v) is 4.37. The van der Waals surface area contributed by atoms with Gasteiger partial charge in [0.05, 0.1) is 15.9 Å². The van der Waals surface area contributed by atoms with Crippen molar-refractivity contribution in [3.63, 3.8) is 0 Å². The second-order valence-corrected chi connectivity index (χ2v) is 8.64. The third kappa shape index (κ3) is 4.72. The quantitative estimate of drug-likeness (QED) is 0.180. The molecule has 168 valence electrons. The summed E-state index contributed by atoms with van der Waals surface area (Å²) in [5.74, 6) is 2.33. The number of thiophene rings is 1. The zero-order chi connectivity index (χ0) is 23.3. The molecule has 5 rings (SSSR count). The van der Waals surface area contributed by atoms with E-state index in [-0.39, 0.29) is 0 Å². The minimum Gasteiger partial charge on any atom is -0.366 e. The zero-order valence-electron chi connectivity index (χ0n) is 18.6. The normalized spacial score (nSPS) is 10.7. The van der Waals surface area contributed by atoms with Crippen molar-refractivity contribution in [2.24, 2.45) is 5.10 Å². The van der Waals surface area contributed by atoms with E-state index in [0.717, 1.165) is 49.9 Å². The Labute approximate surface area is 201 Å². The predicted octanol–water partition coefficient (Wildman–Crippen LogP) is 6.44. The Hall–Kier alpha value is -4.30. The maximum Gasteiger partial charge on any atom is 0.162 e. The minimum absolute atomic E-state index is 0.684. The molecule has 8 heteroatoms. The SMILES string of the molecule is C=NNc1ccc(Nc2nc(-c3ccc(CNc4ccccn4)cc3)nc3ccsc23)cc1C. The molecular formula is C26H23N7S. The van der Waals surface area contributed by atoms with Crippen molar-refractivity contribution in [3.05, 3.63) is 89.4 Å². The lowest BCUT2D eigenvalue weighted by atomic mass is 10.1. The fourth-order valence-electron chi connectivity index (χ4n) is 3.60. The molecule has 3 N–H and O–H groups in total. The van der Waals surface area contributed by atoms with E-state index in [9.17, 15) is 0 Å². The number of aromatic nitrogens is 3. The summed E-state index contributed by atoms with van der Waals surface area (Å²) < 4.78 is 1.02. The highest BCUT2D eigenvalue weighted by atomic mass is 32.1. The van der Waals surface area contributed by atoms with Gasteiger partial charge in [0, 0.05) is 30.7 Å². The number of pyridine rings is 1. The first-order chi connectivity index (χ1) is 16.7. The average molecular weight is 466 g/mol. The molecule has 0 radical (unpaired) electrons. The Kier molecular flexibility index (Phi) is 6.13. The molecule has 0 aliphatic heterocycles. The van der Waals surface area contributed by atoms with Gasteiger partial charge >= 0.3 is 0 Å². The van der Waals surface area contributed by atoms with Crippen LogP contribution in [-0.2, 0) is 6.54 Å². The molecule has 0 fully saturated rings. The average Bonchev–Trinajstić information content (AvgIpc) is 3.35. The van der Waals surface area contributed by atoms with E-state index >= 15 is 0 Å². The highest BCUT2D eigenvalue weighted by molar-refractivity contribution is 7.17. The van der Waals surface area contributed by atoms with Crippen LogP contribution in [0.25, 0.3) is 21.6 Å². The van der Waals surface area contributed by atoms with Crippen LogP contribution >= 0.6 is 11.3 Å². The summed E-state index contributed by atoms with van der Waals surface area (Å²) in [6.45, 7) is 6.20. The van der Waals surface area contributed by atoms with Crippen LogP contribution in [0.2, 0.25) is 0 Å². The van der Waals surface area contributed by atoms with Crippen LogP contribution in [0.15, 0.2) is 83.4 Å². The first kappa shape index (κ1) is 21.5. The molecule has 7 nitrogen and oxygen atoms in total. The first-order valence-corrected chi connectivity index (χ1v) is 11.7. The number of rotatable bonds is 8. The summed E-state index contributed by atoms with van der Waals surface area (Å²) in [4.78, 5) is 14.0. The molecule has 2 aromatic carbocycles. The summed E-state index contributed by atoms with van der Waals surface area (Å²) in [5, 5.41) is 12.6. The van der Waals surface area contributed by atoms with Crippen LogP contribution in [-0.4, -0.2) is 21.7 Å². The lowest BCUT2D eigenvalue weighted by Gasteiger charge is -2.12. The zero-order valence-corrected chi connectivity index (χ0v) is 19.4. The molecule has 0 bridgehead atoms. The molecule has 0 aliphatic carbocycles. The van der Waals surface area contributed by atoms with E-state index in [1.165, 1.54) is 0 Å². The van der Waals surface area contributed by atoms with Gasteiger partial charge in [-0.05, 0) is 59.8 Å². The molecule has 3 aromatic heterocycles. The monoisotopic (exact) mass is 465 g/mol. The lowest BCUT2D eigenvalue weighted by molar-refractivity contribution is 1.11. The third-order valence-electron chi connectivity index (χ3n) is 5.34. The van der Waals surface area contributed by atoms with Gasteiger partial charge in [-0.15, -0.1) is 11.3 Å². The van der Waals surface area contributed by atoms with Gasteiger partial charge in [0.2, 0.25) is 0 Å². The van der Waals surface area contributed by atoms with Gasteiger partial charge in [-0.25, -0.2) is 15.0 Å². The van der Waals surface area contributed by atoms with E-state index in [1.807, 2.05) is 48.7 Å². The largest absolute Gasteiger partial charge is 0.366 e. The van der Waals surface area contributed by atoms with Crippen molar-refractivity contribution in [2.75, 3.05) is 16.1 Å². The highest BCUT2D eigenvalue weighted by Gasteiger charge is 2.12. The van der Waals surface area contributed by atoms with E-state index in [2.05, 4.69) is 63.2 Å². The van der Waals surface area contributed by atoms with Crippen molar-refractivity contribution in [1.82, 2.24) is 15.0 Å². The highest BCUT2D eigenvalue weighted by Crippen LogP contribution is 2.32. The minimum atomic E-state index is 0.684. The molecule has 0 saturated heterocycles. The molecular weight excluding hydrogens is 442 g/mol. The summed E-state index contributed by atoms with van der Waals surface area (Å²) >= 11 is 1.62. The number of hydrazone groups is 1. The van der Waals surface area contributed by atoms with Gasteiger partial charge < -0.3 is 10.6 Å². The smallest absolute Gasteiger partial charge is 0.162 e. The second kappa shape index (κ2) is 9.68. The number of aryl methyl sites for hydroxylation is 1. The van der Waals surface area contributed by atoms with Crippen LogP contribution in [0.3, 0.4) is 0 Å². The number of nitrogens with one attached hydrogen (secondary N) is 3. The number of hydrogen-bond acceptors (Lipinski definition) is 8. The Balaban J connectivity index is 1.39. The first-order valence-electron chi connectivity index (χ1n) is 10.8. The van der Waals surface area contributed by atoms with Crippen molar-refractivity contribution in [3.8, 4) is 11.4 Å². The number of benzene rings is 2. The van der Waals surface area contributed by atoms with Gasteiger partial charge in [-0.2, -0.15) is 5.10 Å². The van der Waals surface area contributed by atoms with E-state index < -0.39 is 0 Å². The molecule has 0 aliphatic rings. The summed E-state index contributed by atoms with van der Waals surface area (Å²) in [7, 11) is 0. The fraction of sp³-hybridized carbons (Fsp3) is 0.0769. The molecule has 0 amide bonds. The van der Waals surface area contributed by atoms with E-state index in [0.29, 0.717) is 12.4 Å². The van der Waals surface area contributed by atoms with Gasteiger partial charge in [-0.3, -0.25) is 5.43 Å². The van der Waals surface area contributed by atoms with Crippen LogP contribution in [0.5, 0.6) is 0 Å². The number of anilines is 4. The Morgan fingerprint density at radius 2 is 1.88 bits per heavy atom. The standard InChI is InChI=1S/C26H23N7S/c1-17-15-20(10-11-21(17)33-27-2)30-26-24-22(12-14-34-24)31-25(32-26)19-8-6-18(7-9-19)16-29-23-5-3-4-13-28-23/h3-15,33H,2,16H2,1H3,(H,28,29)(H,30,31,32). The van der Waals surface area contributed by atoms with Gasteiger partial charge in [-0.1, -0.05) is 30.3 Å². The topological polar surface area (TPSA) is 87.1 Å². The predicted molar refractivity (Wildman–Crippen MR) is 142 cm³/mol. The Bertz CT molecular complexity index is 1430. The van der Waals surface area contributed by atoms with Crippen LogP contribution in [0, 0.1) is 6.92 Å². The molecule has 3 heterocycles. The summed E-state index contributed by atoms with van der Waals surface area (Å²) in [6, 6.07) is 22.1. The molecule has 34 heavy (non-hydrogen) atoms. The second-order valence-electron chi connectivity index (χ2n) is 7.72. The van der Waals surface area contributed by atoms with Gasteiger partial charge in [0.1, 0.15) is 5.82 Å². The lowest BCUT2D eigenvalue weighted by Crippen LogP contribution is -2.01. The Morgan fingerprint density at radius 1 is 1.00 bits per heavy atom. The van der Waals surface area contributed by atoms with Crippen molar-refractivity contribution < 1.29 is 0 Å². The Morgan fingerprint density at radius 3 is 2.65 bits per heavy atom. The molecule has 0 saturated carbocycles. The summed E-state index contributed by atoms with van der Waals surface area (Å²) in [5.41, 5.74) is 8.86. The molecule has 0 unspecified atom stereocenters. The number of hydrogen-bond donors (Lipinski definition) is 3. The summed E-state index contributed by atoms with van der Waals surface area (Å²) in [6.07, 6.45) is 1.78. The number of fused-ring (bicyclic) bond motifs is 1. The van der Waals surface area contributed by atoms with Crippen LogP contribution in [0.1, 0.15) is 11.1 Å². The maximum atomic E-state index is 4.87. The molecule has 0 spiro atoms. The molecule has 0 atom stereocenters. The maximum absolute atomic E-state index is 4.87. The van der Waals surface area contributed by atoms with Crippen molar-refractivity contribution >= 4 is 51.3 Å². The molecule has 5 aromatic rings. The van der Waals surface area contributed by atoms with E-state index in [1.54, 1.807) is 17.5 Å². The van der Waals surface area contributed by atoms with E-state index in [4.69, 9.17) is 9.97 Å².